The summed E-state index contributed by atoms with van der Waals surface area (Å²) in [5.74, 6) is 2.51. The third-order valence-corrected chi connectivity index (χ3v) is 4.36. The van der Waals surface area contributed by atoms with Gasteiger partial charge in [0.25, 0.3) is 0 Å². The Morgan fingerprint density at radius 1 is 1.40 bits per heavy atom. The number of allylic oxidation sites excluding steroid dienone is 4. The maximum Gasteiger partial charge on any atom is 0.0763 e. The molecule has 0 aromatic rings. The highest BCUT2D eigenvalue weighted by Gasteiger charge is 2.51. The van der Waals surface area contributed by atoms with Crippen molar-refractivity contribution in [1.29, 1.82) is 0 Å². The van der Waals surface area contributed by atoms with Gasteiger partial charge >= 0.3 is 0 Å². The van der Waals surface area contributed by atoms with E-state index in [2.05, 4.69) is 24.8 Å². The molecule has 0 spiro atoms. The number of hydrogen-bond donors (Lipinski definition) is 1. The molecule has 0 aromatic carbocycles. The average molecular weight is 202 g/mol. The number of rotatable bonds is 3. The molecule has 1 heteroatoms. The molecule has 2 unspecified atom stereocenters. The molecule has 0 amide bonds. The Morgan fingerprint density at radius 3 is 3.00 bits per heavy atom. The first-order valence-electron chi connectivity index (χ1n) is 5.99. The molecule has 1 N–H and O–H groups in total. The number of hydrogen-bond acceptors (Lipinski definition) is 1. The molecule has 0 radical (unpaired) electrons. The van der Waals surface area contributed by atoms with Crippen molar-refractivity contribution in [2.24, 2.45) is 23.7 Å². The minimum Gasteiger partial charge on any atom is -0.389 e. The highest BCUT2D eigenvalue weighted by Crippen LogP contribution is 2.56. The van der Waals surface area contributed by atoms with Crippen LogP contribution in [0.4, 0.5) is 0 Å². The van der Waals surface area contributed by atoms with Crippen molar-refractivity contribution >= 4 is 0 Å². The van der Waals surface area contributed by atoms with Crippen LogP contribution in [0, 0.1) is 23.7 Å². The lowest BCUT2D eigenvalue weighted by Gasteiger charge is -2.25. The van der Waals surface area contributed by atoms with E-state index in [0.717, 1.165) is 12.8 Å². The van der Waals surface area contributed by atoms with Gasteiger partial charge in [0.05, 0.1) is 6.10 Å². The van der Waals surface area contributed by atoms with Crippen LogP contribution in [0.15, 0.2) is 36.5 Å². The predicted molar refractivity (Wildman–Crippen MR) is 61.2 cm³/mol. The Morgan fingerprint density at radius 2 is 2.20 bits per heavy atom. The van der Waals surface area contributed by atoms with E-state index in [9.17, 15) is 5.11 Å². The quantitative estimate of drug-likeness (QED) is 0.698. The second-order valence-electron chi connectivity index (χ2n) is 5.11. The van der Waals surface area contributed by atoms with Crippen molar-refractivity contribution in [3.05, 3.63) is 36.5 Å². The van der Waals surface area contributed by atoms with Gasteiger partial charge < -0.3 is 5.11 Å². The largest absolute Gasteiger partial charge is 0.389 e. The Labute approximate surface area is 91.2 Å². The Bertz CT molecular complexity index is 339. The Balaban J connectivity index is 1.83. The molecule has 0 aromatic heterocycles. The van der Waals surface area contributed by atoms with Crippen molar-refractivity contribution in [3.63, 3.8) is 0 Å². The zero-order valence-corrected chi connectivity index (χ0v) is 8.97. The predicted octanol–water partition coefficient (Wildman–Crippen LogP) is 2.69. The van der Waals surface area contributed by atoms with E-state index in [4.69, 9.17) is 0 Å². The van der Waals surface area contributed by atoms with E-state index in [0.29, 0.717) is 23.7 Å². The molecular formula is C14H18O. The summed E-state index contributed by atoms with van der Waals surface area (Å²) < 4.78 is 0. The third kappa shape index (κ3) is 1.26. The summed E-state index contributed by atoms with van der Waals surface area (Å²) in [6.45, 7) is 3.77. The van der Waals surface area contributed by atoms with E-state index in [1.807, 2.05) is 6.08 Å². The lowest BCUT2D eigenvalue weighted by Crippen LogP contribution is -2.24. The summed E-state index contributed by atoms with van der Waals surface area (Å²) in [4.78, 5) is 0. The van der Waals surface area contributed by atoms with Crippen LogP contribution in [0.3, 0.4) is 0 Å². The van der Waals surface area contributed by atoms with E-state index in [1.54, 1.807) is 0 Å². The highest BCUT2D eigenvalue weighted by molar-refractivity contribution is 5.31. The van der Waals surface area contributed by atoms with Gasteiger partial charge in [0.1, 0.15) is 0 Å². The maximum absolute atomic E-state index is 10.1. The van der Waals surface area contributed by atoms with E-state index >= 15 is 0 Å². The van der Waals surface area contributed by atoms with E-state index in [-0.39, 0.29) is 6.10 Å². The van der Waals surface area contributed by atoms with Crippen LogP contribution in [0.25, 0.3) is 0 Å². The summed E-state index contributed by atoms with van der Waals surface area (Å²) in [5, 5.41) is 10.1. The molecule has 1 nitrogen and oxygen atoms in total. The topological polar surface area (TPSA) is 20.2 Å². The van der Waals surface area contributed by atoms with Gasteiger partial charge in [0.15, 0.2) is 0 Å². The standard InChI is InChI=1S/C14H18O/c1-2-3-4-9-8-12(15)14-11-6-5-10(7-11)13(9)14/h2,5-6,8,10-15H,1,3-4,7H2/t10?,11?,12-,13-,14-/m1/s1. The van der Waals surface area contributed by atoms with Crippen LogP contribution in [-0.2, 0) is 0 Å². The summed E-state index contributed by atoms with van der Waals surface area (Å²) in [5.41, 5.74) is 1.49. The van der Waals surface area contributed by atoms with Crippen LogP contribution in [0.1, 0.15) is 19.3 Å². The van der Waals surface area contributed by atoms with E-state index in [1.165, 1.54) is 12.0 Å². The van der Waals surface area contributed by atoms with Crippen LogP contribution in [0.2, 0.25) is 0 Å². The van der Waals surface area contributed by atoms with Gasteiger partial charge in [-0.2, -0.15) is 0 Å². The summed E-state index contributed by atoms with van der Waals surface area (Å²) >= 11 is 0. The molecule has 1 fully saturated rings. The first kappa shape index (κ1) is 9.41. The molecule has 0 saturated heterocycles. The molecule has 5 atom stereocenters. The fourth-order valence-corrected chi connectivity index (χ4v) is 3.81. The molecular weight excluding hydrogens is 184 g/mol. The lowest BCUT2D eigenvalue weighted by molar-refractivity contribution is 0.130. The van der Waals surface area contributed by atoms with Crippen molar-refractivity contribution in [2.45, 2.75) is 25.4 Å². The van der Waals surface area contributed by atoms with Gasteiger partial charge in [0, 0.05) is 5.92 Å². The van der Waals surface area contributed by atoms with Crippen LogP contribution < -0.4 is 0 Å². The molecule has 3 aliphatic carbocycles. The lowest BCUT2D eigenvalue weighted by atomic mass is 9.80. The molecule has 0 aliphatic heterocycles. The summed E-state index contributed by atoms with van der Waals surface area (Å²) in [6.07, 6.45) is 12.0. The van der Waals surface area contributed by atoms with Crippen molar-refractivity contribution in [3.8, 4) is 0 Å². The average Bonchev–Trinajstić information content (AvgIpc) is 2.88. The highest BCUT2D eigenvalue weighted by atomic mass is 16.3. The second kappa shape index (κ2) is 3.34. The molecule has 3 rings (SSSR count). The summed E-state index contributed by atoms with van der Waals surface area (Å²) in [6, 6.07) is 0. The van der Waals surface area contributed by atoms with Gasteiger partial charge in [-0.15, -0.1) is 6.58 Å². The van der Waals surface area contributed by atoms with Gasteiger partial charge in [0.2, 0.25) is 0 Å². The zero-order valence-electron chi connectivity index (χ0n) is 8.97. The third-order valence-electron chi connectivity index (χ3n) is 4.36. The molecule has 2 bridgehead atoms. The van der Waals surface area contributed by atoms with Crippen molar-refractivity contribution < 1.29 is 5.11 Å². The van der Waals surface area contributed by atoms with Crippen molar-refractivity contribution in [1.82, 2.24) is 0 Å². The summed E-state index contributed by atoms with van der Waals surface area (Å²) in [7, 11) is 0. The molecule has 0 heterocycles. The fraction of sp³-hybridized carbons (Fsp3) is 0.571. The van der Waals surface area contributed by atoms with Crippen LogP contribution >= 0.6 is 0 Å². The number of aliphatic hydroxyl groups is 1. The Hall–Kier alpha value is -0.820. The van der Waals surface area contributed by atoms with Gasteiger partial charge in [-0.3, -0.25) is 0 Å². The number of fused-ring (bicyclic) bond motifs is 5. The smallest absolute Gasteiger partial charge is 0.0763 e. The molecule has 3 aliphatic rings. The van der Waals surface area contributed by atoms with Gasteiger partial charge in [-0.1, -0.05) is 29.9 Å². The number of aliphatic hydroxyl groups excluding tert-OH is 1. The van der Waals surface area contributed by atoms with Gasteiger partial charge in [-0.25, -0.2) is 0 Å². The molecule has 15 heavy (non-hydrogen) atoms. The minimum absolute atomic E-state index is 0.185. The second-order valence-corrected chi connectivity index (χ2v) is 5.11. The van der Waals surface area contributed by atoms with Crippen LogP contribution in [-0.4, -0.2) is 11.2 Å². The first-order valence-corrected chi connectivity index (χ1v) is 5.99. The minimum atomic E-state index is -0.185. The Kier molecular flexibility index (Phi) is 2.10. The SMILES string of the molecule is C=CCCC1=C[C@@H](O)[C@H]2C3C=CC(C3)[C@@H]12. The van der Waals surface area contributed by atoms with Crippen molar-refractivity contribution in [2.75, 3.05) is 0 Å². The van der Waals surface area contributed by atoms with Gasteiger partial charge in [-0.05, 0) is 37.0 Å². The zero-order chi connectivity index (χ0) is 10.4. The monoisotopic (exact) mass is 202 g/mol. The normalized spacial score (nSPS) is 45.7. The molecule has 1 saturated carbocycles. The van der Waals surface area contributed by atoms with E-state index < -0.39 is 0 Å². The van der Waals surface area contributed by atoms with Crippen LogP contribution in [0.5, 0.6) is 0 Å². The molecule has 80 valence electrons. The fourth-order valence-electron chi connectivity index (χ4n) is 3.81. The maximum atomic E-state index is 10.1. The first-order chi connectivity index (χ1) is 7.31.